The number of hydrogen-bond donors (Lipinski definition) is 3. The third-order valence-electron chi connectivity index (χ3n) is 8.49. The highest BCUT2D eigenvalue weighted by Crippen LogP contribution is 2.44. The van der Waals surface area contributed by atoms with E-state index in [0.717, 1.165) is 5.56 Å². The Kier molecular flexibility index (Phi) is 13.1. The van der Waals surface area contributed by atoms with Gasteiger partial charge in [-0.25, -0.2) is 10.4 Å². The average Bonchev–Trinajstić information content (AvgIpc) is 3.58. The summed E-state index contributed by atoms with van der Waals surface area (Å²) in [7, 11) is 4.64. The third kappa shape index (κ3) is 8.82. The maximum absolute atomic E-state index is 14.7. The van der Waals surface area contributed by atoms with Crippen molar-refractivity contribution in [2.45, 2.75) is 37.6 Å². The molecule has 0 saturated carbocycles. The molecule has 0 radical (unpaired) electrons. The van der Waals surface area contributed by atoms with E-state index in [1.165, 1.54) is 0 Å². The molecule has 13 heteroatoms. The van der Waals surface area contributed by atoms with Crippen molar-refractivity contribution in [2.75, 3.05) is 34.5 Å². The van der Waals surface area contributed by atoms with Gasteiger partial charge in [0.15, 0.2) is 11.6 Å². The lowest BCUT2D eigenvalue weighted by atomic mass is 9.82. The van der Waals surface area contributed by atoms with Gasteiger partial charge >= 0.3 is 0 Å². The molecule has 4 aromatic carbocycles. The van der Waals surface area contributed by atoms with Crippen LogP contribution < -0.4 is 29.8 Å². The summed E-state index contributed by atoms with van der Waals surface area (Å²) < 4.78 is 29.0. The van der Waals surface area contributed by atoms with Gasteiger partial charge in [-0.05, 0) is 46.5 Å². The van der Waals surface area contributed by atoms with Crippen LogP contribution in [0, 0.1) is 0 Å². The number of carbonyl (C=O) groups excluding carboxylic acids is 1. The van der Waals surface area contributed by atoms with Gasteiger partial charge in [0, 0.05) is 48.6 Å². The van der Waals surface area contributed by atoms with Crippen LogP contribution in [-0.4, -0.2) is 57.0 Å². The number of aliphatic hydroxyl groups is 1. The molecule has 52 heavy (non-hydrogen) atoms. The van der Waals surface area contributed by atoms with Gasteiger partial charge in [-0.2, -0.15) is 0 Å². The normalized spacial score (nSPS) is 16.4. The Morgan fingerprint density at radius 2 is 1.69 bits per heavy atom. The van der Waals surface area contributed by atoms with Gasteiger partial charge in [0.2, 0.25) is 5.90 Å². The fourth-order valence-corrected chi connectivity index (χ4v) is 5.85. The van der Waals surface area contributed by atoms with Gasteiger partial charge in [0.25, 0.3) is 5.91 Å². The first-order valence-corrected chi connectivity index (χ1v) is 16.7. The van der Waals surface area contributed by atoms with Crippen molar-refractivity contribution in [3.05, 3.63) is 135 Å². The highest BCUT2D eigenvalue weighted by Gasteiger charge is 2.53. The van der Waals surface area contributed by atoms with E-state index in [-0.39, 0.29) is 32.0 Å². The Morgan fingerprint density at radius 1 is 0.981 bits per heavy atom. The quantitative estimate of drug-likeness (QED) is 0.0348. The first-order chi connectivity index (χ1) is 25.5. The van der Waals surface area contributed by atoms with Crippen LogP contribution in [0.1, 0.15) is 46.8 Å². The van der Waals surface area contributed by atoms with Crippen LogP contribution >= 0.6 is 0 Å². The van der Waals surface area contributed by atoms with Gasteiger partial charge in [-0.3, -0.25) is 10.2 Å². The molecule has 1 aliphatic heterocycles. The lowest BCUT2D eigenvalue weighted by molar-refractivity contribution is -0.130. The number of amides is 1. The summed E-state index contributed by atoms with van der Waals surface area (Å²) in [5, 5.41) is 12.9. The molecular weight excluding hydrogens is 664 g/mol. The molecule has 3 N–H and O–H groups in total. The SMILES string of the molecule is COc1cc(OC)c(CNNC(=O)[C@@]2(C/C=C/c3ccccc3)N=C(c3ccc(OCCCO)cc3)O[C@H]2c2ccccc2CN=[N+]=[N-])c(OC)c1. The van der Waals surface area contributed by atoms with Crippen molar-refractivity contribution in [3.63, 3.8) is 0 Å². The number of aliphatic imine (C=N–C) groups is 1. The number of nitrogens with one attached hydrogen (secondary N) is 2. The number of hydrogen-bond acceptors (Lipinski definition) is 10. The van der Waals surface area contributed by atoms with Crippen molar-refractivity contribution in [2.24, 2.45) is 10.1 Å². The first kappa shape index (κ1) is 37.3. The predicted octanol–water partition coefficient (Wildman–Crippen LogP) is 6.47. The molecule has 1 amide bonds. The van der Waals surface area contributed by atoms with E-state index in [2.05, 4.69) is 20.9 Å². The summed E-state index contributed by atoms with van der Waals surface area (Å²) in [4.78, 5) is 22.7. The zero-order valence-corrected chi connectivity index (χ0v) is 29.3. The smallest absolute Gasteiger partial charge is 0.266 e. The van der Waals surface area contributed by atoms with Gasteiger partial charge in [0.05, 0.1) is 40.0 Å². The molecule has 4 aromatic rings. The minimum Gasteiger partial charge on any atom is -0.496 e. The Bertz CT molecular complexity index is 1890. The van der Waals surface area contributed by atoms with E-state index in [9.17, 15) is 4.79 Å². The minimum absolute atomic E-state index is 0.0319. The molecule has 0 spiro atoms. The number of azide groups is 1. The molecule has 2 atom stereocenters. The van der Waals surface area contributed by atoms with Gasteiger partial charge in [0.1, 0.15) is 23.0 Å². The van der Waals surface area contributed by atoms with E-state index in [4.69, 9.17) is 39.3 Å². The molecule has 0 unspecified atom stereocenters. The van der Waals surface area contributed by atoms with Crippen LogP contribution in [0.4, 0.5) is 0 Å². The standard InChI is InChI=1S/C39H42N6O7/c1-48-31-23-34(49-2)33(35(24-31)50-3)26-41-44-38(47)39(20-9-13-27-11-5-4-6-12-27)36(32-15-8-7-14-29(32)25-42-45-40)52-37(43-39)28-16-18-30(19-17-28)51-22-10-21-46/h4-9,11-19,23-24,36,41,46H,10,20-22,25-26H2,1-3H3,(H,44,47)/b13-9+/t36-,39-/m0/s1. The molecule has 5 rings (SSSR count). The second kappa shape index (κ2) is 18.3. The summed E-state index contributed by atoms with van der Waals surface area (Å²) in [5.74, 6) is 2.00. The zero-order chi connectivity index (χ0) is 36.8. The summed E-state index contributed by atoms with van der Waals surface area (Å²) in [6.45, 7) is 0.597. The molecule has 1 aliphatic rings. The highest BCUT2D eigenvalue weighted by molar-refractivity contribution is 6.01. The van der Waals surface area contributed by atoms with Crippen LogP contribution in [0.15, 0.2) is 107 Å². The van der Waals surface area contributed by atoms with Crippen LogP contribution in [-0.2, 0) is 22.6 Å². The summed E-state index contributed by atoms with van der Waals surface area (Å²) in [5.41, 5.74) is 17.2. The number of nitrogens with zero attached hydrogens (tertiary/aromatic N) is 4. The lowest BCUT2D eigenvalue weighted by Crippen LogP contribution is -2.52. The second-order valence-electron chi connectivity index (χ2n) is 11.7. The van der Waals surface area contributed by atoms with Crippen molar-refractivity contribution in [1.29, 1.82) is 0 Å². The summed E-state index contributed by atoms with van der Waals surface area (Å²) >= 11 is 0. The van der Waals surface area contributed by atoms with Crippen molar-refractivity contribution >= 4 is 17.9 Å². The highest BCUT2D eigenvalue weighted by atomic mass is 16.5. The average molecular weight is 707 g/mol. The molecule has 0 aliphatic carbocycles. The van der Waals surface area contributed by atoms with Crippen molar-refractivity contribution in [3.8, 4) is 23.0 Å². The Morgan fingerprint density at radius 3 is 2.37 bits per heavy atom. The fraction of sp³-hybridized carbons (Fsp3) is 0.282. The molecule has 0 fully saturated rings. The summed E-state index contributed by atoms with van der Waals surface area (Å²) in [6.07, 6.45) is 3.58. The van der Waals surface area contributed by atoms with E-state index in [1.54, 1.807) is 45.6 Å². The molecular formula is C39H42N6O7. The van der Waals surface area contributed by atoms with Gasteiger partial charge in [-0.15, -0.1) is 0 Å². The van der Waals surface area contributed by atoms with E-state index in [0.29, 0.717) is 58.3 Å². The number of hydrazine groups is 1. The van der Waals surface area contributed by atoms with Crippen LogP contribution in [0.2, 0.25) is 0 Å². The number of carbonyl (C=O) groups is 1. The van der Waals surface area contributed by atoms with Crippen LogP contribution in [0.3, 0.4) is 0 Å². The number of aliphatic hydroxyl groups excluding tert-OH is 1. The number of methoxy groups -OCH3 is 3. The van der Waals surface area contributed by atoms with Crippen LogP contribution in [0.5, 0.6) is 23.0 Å². The monoisotopic (exact) mass is 706 g/mol. The summed E-state index contributed by atoms with van der Waals surface area (Å²) in [6, 6.07) is 27.8. The minimum atomic E-state index is -1.52. The Balaban J connectivity index is 1.55. The number of rotatable bonds is 18. The number of ether oxygens (including phenoxy) is 5. The molecule has 0 aromatic heterocycles. The van der Waals surface area contributed by atoms with Crippen molar-refractivity contribution < 1.29 is 33.6 Å². The zero-order valence-electron chi connectivity index (χ0n) is 29.3. The topological polar surface area (TPSA) is 169 Å². The van der Waals surface area contributed by atoms with E-state index in [1.807, 2.05) is 78.9 Å². The maximum Gasteiger partial charge on any atom is 0.266 e. The molecule has 0 saturated heterocycles. The van der Waals surface area contributed by atoms with E-state index >= 15 is 0 Å². The molecule has 270 valence electrons. The van der Waals surface area contributed by atoms with Crippen molar-refractivity contribution in [1.82, 2.24) is 10.9 Å². The number of benzene rings is 4. The second-order valence-corrected chi connectivity index (χ2v) is 11.7. The van der Waals surface area contributed by atoms with Gasteiger partial charge < -0.3 is 28.8 Å². The third-order valence-corrected chi connectivity index (χ3v) is 8.49. The molecule has 1 heterocycles. The first-order valence-electron chi connectivity index (χ1n) is 16.7. The molecule has 0 bridgehead atoms. The van der Waals surface area contributed by atoms with E-state index < -0.39 is 17.6 Å². The largest absolute Gasteiger partial charge is 0.496 e. The Labute approximate surface area is 302 Å². The molecule has 13 nitrogen and oxygen atoms in total. The lowest BCUT2D eigenvalue weighted by Gasteiger charge is -2.31. The maximum atomic E-state index is 14.7. The Hall–Kier alpha value is -6.01. The predicted molar refractivity (Wildman–Crippen MR) is 197 cm³/mol. The fourth-order valence-electron chi connectivity index (χ4n) is 5.85. The van der Waals surface area contributed by atoms with Crippen LogP contribution in [0.25, 0.3) is 16.5 Å². The van der Waals surface area contributed by atoms with Gasteiger partial charge in [-0.1, -0.05) is 71.9 Å².